The zero-order chi connectivity index (χ0) is 12.8. The summed E-state index contributed by atoms with van der Waals surface area (Å²) in [5, 5.41) is 3.75. The number of nitrogens with one attached hydrogen (secondary N) is 1. The molecule has 18 heavy (non-hydrogen) atoms. The lowest BCUT2D eigenvalue weighted by Gasteiger charge is -2.32. The lowest BCUT2D eigenvalue weighted by Crippen LogP contribution is -2.45. The van der Waals surface area contributed by atoms with Crippen LogP contribution in [0.2, 0.25) is 0 Å². The Bertz CT molecular complexity index is 226. The fourth-order valence-corrected chi connectivity index (χ4v) is 3.40. The van der Waals surface area contributed by atoms with Gasteiger partial charge in [0.1, 0.15) is 0 Å². The van der Waals surface area contributed by atoms with Crippen LogP contribution in [0, 0.1) is 5.92 Å². The first-order chi connectivity index (χ1) is 8.74. The first-order valence-corrected chi connectivity index (χ1v) is 7.88. The maximum atomic E-state index is 3.75. The summed E-state index contributed by atoms with van der Waals surface area (Å²) < 4.78 is 0. The summed E-state index contributed by atoms with van der Waals surface area (Å²) in [4.78, 5) is 5.11. The van der Waals surface area contributed by atoms with Gasteiger partial charge in [0, 0.05) is 19.1 Å². The summed E-state index contributed by atoms with van der Waals surface area (Å²) in [5.41, 5.74) is 0. The maximum Gasteiger partial charge on any atom is 0.0166 e. The smallest absolute Gasteiger partial charge is 0.0166 e. The minimum atomic E-state index is 0.648. The van der Waals surface area contributed by atoms with E-state index in [4.69, 9.17) is 0 Å². The Balaban J connectivity index is 1.60. The normalized spacial score (nSPS) is 29.3. The first kappa shape index (κ1) is 14.3. The molecule has 2 heterocycles. The first-order valence-electron chi connectivity index (χ1n) is 7.88. The van der Waals surface area contributed by atoms with Gasteiger partial charge in [0.2, 0.25) is 0 Å². The summed E-state index contributed by atoms with van der Waals surface area (Å²) in [5.74, 6) is 0.868. The summed E-state index contributed by atoms with van der Waals surface area (Å²) in [7, 11) is 2.25. The average Bonchev–Trinajstić information content (AvgIpc) is 2.38. The van der Waals surface area contributed by atoms with Crippen LogP contribution in [-0.4, -0.2) is 62.2 Å². The van der Waals surface area contributed by atoms with Gasteiger partial charge in [0.05, 0.1) is 0 Å². The van der Waals surface area contributed by atoms with E-state index in [0.29, 0.717) is 6.04 Å². The van der Waals surface area contributed by atoms with Crippen molar-refractivity contribution in [3.05, 3.63) is 0 Å². The lowest BCUT2D eigenvalue weighted by atomic mass is 9.98. The van der Waals surface area contributed by atoms with Gasteiger partial charge in [-0.1, -0.05) is 6.42 Å². The van der Waals surface area contributed by atoms with Gasteiger partial charge in [0.25, 0.3) is 0 Å². The molecule has 0 aromatic rings. The van der Waals surface area contributed by atoms with Crippen molar-refractivity contribution in [1.82, 2.24) is 15.1 Å². The Labute approximate surface area is 113 Å². The predicted octanol–water partition coefficient (Wildman–Crippen LogP) is 1.79. The van der Waals surface area contributed by atoms with Crippen LogP contribution in [0.3, 0.4) is 0 Å². The summed E-state index contributed by atoms with van der Waals surface area (Å²) in [6.07, 6.45) is 7.03. The van der Waals surface area contributed by atoms with E-state index in [-0.39, 0.29) is 0 Å². The highest BCUT2D eigenvalue weighted by atomic mass is 15.2. The third-order valence-electron chi connectivity index (χ3n) is 4.46. The topological polar surface area (TPSA) is 18.5 Å². The molecule has 2 fully saturated rings. The van der Waals surface area contributed by atoms with Crippen molar-refractivity contribution in [2.45, 2.75) is 45.1 Å². The van der Waals surface area contributed by atoms with E-state index in [2.05, 4.69) is 29.1 Å². The van der Waals surface area contributed by atoms with E-state index in [9.17, 15) is 0 Å². The van der Waals surface area contributed by atoms with E-state index < -0.39 is 0 Å². The zero-order valence-corrected chi connectivity index (χ0v) is 12.3. The van der Waals surface area contributed by atoms with Gasteiger partial charge in [-0.05, 0) is 71.8 Å². The molecule has 0 aromatic carbocycles. The van der Waals surface area contributed by atoms with Gasteiger partial charge in [0.15, 0.2) is 0 Å². The van der Waals surface area contributed by atoms with Gasteiger partial charge in [-0.25, -0.2) is 0 Å². The number of hydrogen-bond acceptors (Lipinski definition) is 3. The van der Waals surface area contributed by atoms with E-state index >= 15 is 0 Å². The van der Waals surface area contributed by atoms with Crippen LogP contribution in [0.25, 0.3) is 0 Å². The molecule has 0 aliphatic carbocycles. The van der Waals surface area contributed by atoms with E-state index in [1.165, 1.54) is 71.4 Å². The molecule has 0 saturated carbocycles. The third kappa shape index (κ3) is 4.87. The SMILES string of the molecule is CC(CN1CCCCC1)NCC1CCCN(C)C1. The van der Waals surface area contributed by atoms with E-state index in [1.54, 1.807) is 0 Å². The second-order valence-electron chi connectivity index (χ2n) is 6.44. The average molecular weight is 253 g/mol. The number of likely N-dealkylation sites (tertiary alicyclic amines) is 2. The fourth-order valence-electron chi connectivity index (χ4n) is 3.40. The summed E-state index contributed by atoms with van der Waals surface area (Å²) in [6, 6.07) is 0.648. The van der Waals surface area contributed by atoms with Crippen molar-refractivity contribution < 1.29 is 0 Å². The second kappa shape index (κ2) is 7.46. The van der Waals surface area contributed by atoms with Crippen molar-refractivity contribution in [2.75, 3.05) is 46.3 Å². The maximum absolute atomic E-state index is 3.75. The van der Waals surface area contributed by atoms with Crippen LogP contribution in [0.4, 0.5) is 0 Å². The van der Waals surface area contributed by atoms with Crippen LogP contribution >= 0.6 is 0 Å². The Kier molecular flexibility index (Phi) is 5.93. The highest BCUT2D eigenvalue weighted by molar-refractivity contribution is 4.76. The molecule has 1 N–H and O–H groups in total. The summed E-state index contributed by atoms with van der Waals surface area (Å²) in [6.45, 7) is 10.0. The molecule has 0 bridgehead atoms. The molecule has 2 rings (SSSR count). The number of hydrogen-bond donors (Lipinski definition) is 1. The van der Waals surface area contributed by atoms with Crippen molar-refractivity contribution >= 4 is 0 Å². The van der Waals surface area contributed by atoms with E-state index in [0.717, 1.165) is 5.92 Å². The quantitative estimate of drug-likeness (QED) is 0.806. The predicted molar refractivity (Wildman–Crippen MR) is 78.0 cm³/mol. The molecule has 2 aliphatic heterocycles. The molecule has 2 unspecified atom stereocenters. The van der Waals surface area contributed by atoms with Gasteiger partial charge < -0.3 is 15.1 Å². The van der Waals surface area contributed by atoms with Gasteiger partial charge in [-0.3, -0.25) is 0 Å². The molecule has 106 valence electrons. The van der Waals surface area contributed by atoms with Crippen molar-refractivity contribution in [3.63, 3.8) is 0 Å². The number of piperidine rings is 2. The van der Waals surface area contributed by atoms with Crippen LogP contribution in [0.5, 0.6) is 0 Å². The highest BCUT2D eigenvalue weighted by Gasteiger charge is 2.18. The Morgan fingerprint density at radius 1 is 1.11 bits per heavy atom. The highest BCUT2D eigenvalue weighted by Crippen LogP contribution is 2.14. The van der Waals surface area contributed by atoms with Crippen molar-refractivity contribution in [3.8, 4) is 0 Å². The van der Waals surface area contributed by atoms with Crippen LogP contribution in [0.1, 0.15) is 39.0 Å². The Morgan fingerprint density at radius 2 is 1.89 bits per heavy atom. The van der Waals surface area contributed by atoms with Gasteiger partial charge >= 0.3 is 0 Å². The molecule has 0 aromatic heterocycles. The largest absolute Gasteiger partial charge is 0.313 e. The minimum Gasteiger partial charge on any atom is -0.313 e. The Hall–Kier alpha value is -0.120. The monoisotopic (exact) mass is 253 g/mol. The summed E-state index contributed by atoms with van der Waals surface area (Å²) >= 11 is 0. The standard InChI is InChI=1S/C15H31N3/c1-14(12-18-9-4-3-5-10-18)16-11-15-7-6-8-17(2)13-15/h14-16H,3-13H2,1-2H3. The van der Waals surface area contributed by atoms with Crippen LogP contribution < -0.4 is 5.32 Å². The number of nitrogens with zero attached hydrogens (tertiary/aromatic N) is 2. The molecule has 3 heteroatoms. The van der Waals surface area contributed by atoms with E-state index in [1.807, 2.05) is 0 Å². The van der Waals surface area contributed by atoms with Crippen molar-refractivity contribution in [1.29, 1.82) is 0 Å². The Morgan fingerprint density at radius 3 is 2.61 bits per heavy atom. The van der Waals surface area contributed by atoms with Gasteiger partial charge in [-0.15, -0.1) is 0 Å². The molecule has 3 nitrogen and oxygen atoms in total. The minimum absolute atomic E-state index is 0.648. The molecular weight excluding hydrogens is 222 g/mol. The molecule has 2 atom stereocenters. The van der Waals surface area contributed by atoms with Crippen LogP contribution in [0.15, 0.2) is 0 Å². The molecular formula is C15H31N3. The fraction of sp³-hybridized carbons (Fsp3) is 1.00. The molecule has 0 amide bonds. The lowest BCUT2D eigenvalue weighted by molar-refractivity contribution is 0.186. The number of rotatable bonds is 5. The molecule has 0 spiro atoms. The van der Waals surface area contributed by atoms with Crippen LogP contribution in [-0.2, 0) is 0 Å². The van der Waals surface area contributed by atoms with Crippen molar-refractivity contribution in [2.24, 2.45) is 5.92 Å². The molecule has 0 radical (unpaired) electrons. The molecule has 2 saturated heterocycles. The zero-order valence-electron chi connectivity index (χ0n) is 12.3. The second-order valence-corrected chi connectivity index (χ2v) is 6.44. The third-order valence-corrected chi connectivity index (χ3v) is 4.46. The molecule has 2 aliphatic rings. The van der Waals surface area contributed by atoms with Gasteiger partial charge in [-0.2, -0.15) is 0 Å².